The van der Waals surface area contributed by atoms with E-state index in [1.165, 1.54) is 0 Å². The molecule has 4 aromatic rings. The predicted octanol–water partition coefficient (Wildman–Crippen LogP) is 3.72. The van der Waals surface area contributed by atoms with Crippen LogP contribution in [0.4, 0.5) is 10.6 Å². The second-order valence-corrected chi connectivity index (χ2v) is 6.72. The van der Waals surface area contributed by atoms with Crippen molar-refractivity contribution in [3.8, 4) is 0 Å². The van der Waals surface area contributed by atoms with Gasteiger partial charge >= 0.3 is 6.03 Å². The number of aromatic nitrogens is 4. The summed E-state index contributed by atoms with van der Waals surface area (Å²) < 4.78 is 0. The van der Waals surface area contributed by atoms with E-state index in [2.05, 4.69) is 25.3 Å². The van der Waals surface area contributed by atoms with Gasteiger partial charge in [-0.25, -0.2) is 9.78 Å². The normalized spacial score (nSPS) is 11.8. The van der Waals surface area contributed by atoms with Crippen LogP contribution >= 0.6 is 0 Å². The molecule has 0 aliphatic carbocycles. The van der Waals surface area contributed by atoms with Crippen molar-refractivity contribution in [2.75, 3.05) is 5.32 Å². The van der Waals surface area contributed by atoms with Crippen molar-refractivity contribution in [2.24, 2.45) is 5.73 Å². The standard InChI is InChI=1S/C23H20N6O/c24-23(30)29-20-10-3-9-19(28-20)22(18-8-1-2-13-27-18)21(16-6-4-11-25-14-16)17-7-5-12-26-15-17/h1-15,21-22H,(H3,24,28,29,30). The van der Waals surface area contributed by atoms with Gasteiger partial charge in [-0.2, -0.15) is 0 Å². The average molecular weight is 396 g/mol. The van der Waals surface area contributed by atoms with Gasteiger partial charge in [0.15, 0.2) is 0 Å². The third kappa shape index (κ3) is 4.30. The summed E-state index contributed by atoms with van der Waals surface area (Å²) in [6, 6.07) is 18.5. The molecule has 4 aromatic heterocycles. The van der Waals surface area contributed by atoms with E-state index in [0.717, 1.165) is 22.5 Å². The number of hydrogen-bond donors (Lipinski definition) is 2. The molecule has 7 nitrogen and oxygen atoms in total. The summed E-state index contributed by atoms with van der Waals surface area (Å²) in [5.74, 6) is 0.00455. The van der Waals surface area contributed by atoms with E-state index in [-0.39, 0.29) is 11.8 Å². The van der Waals surface area contributed by atoms with Gasteiger partial charge < -0.3 is 5.73 Å². The molecule has 1 atom stereocenters. The number of nitrogens with zero attached hydrogens (tertiary/aromatic N) is 4. The van der Waals surface area contributed by atoms with Crippen molar-refractivity contribution >= 4 is 11.8 Å². The molecular weight excluding hydrogens is 376 g/mol. The van der Waals surface area contributed by atoms with E-state index in [0.29, 0.717) is 5.82 Å². The maximum absolute atomic E-state index is 11.3. The molecular formula is C23H20N6O. The van der Waals surface area contributed by atoms with Gasteiger partial charge in [0.25, 0.3) is 0 Å². The number of nitrogens with one attached hydrogen (secondary N) is 1. The largest absolute Gasteiger partial charge is 0.351 e. The summed E-state index contributed by atoms with van der Waals surface area (Å²) in [5, 5.41) is 2.55. The molecule has 4 heterocycles. The zero-order chi connectivity index (χ0) is 20.8. The van der Waals surface area contributed by atoms with Crippen LogP contribution in [0.2, 0.25) is 0 Å². The number of primary amides is 1. The maximum atomic E-state index is 11.3. The molecule has 7 heteroatoms. The number of rotatable bonds is 6. The van der Waals surface area contributed by atoms with E-state index in [9.17, 15) is 4.79 Å². The van der Waals surface area contributed by atoms with Gasteiger partial charge in [-0.15, -0.1) is 0 Å². The quantitative estimate of drug-likeness (QED) is 0.516. The summed E-state index contributed by atoms with van der Waals surface area (Å²) >= 11 is 0. The van der Waals surface area contributed by atoms with Crippen LogP contribution in [0.5, 0.6) is 0 Å². The van der Waals surface area contributed by atoms with E-state index >= 15 is 0 Å². The number of pyridine rings is 4. The lowest BCUT2D eigenvalue weighted by molar-refractivity contribution is 0.259. The number of amides is 2. The zero-order valence-corrected chi connectivity index (χ0v) is 16.1. The van der Waals surface area contributed by atoms with E-state index in [1.807, 2.05) is 67.0 Å². The van der Waals surface area contributed by atoms with Gasteiger partial charge in [-0.05, 0) is 47.5 Å². The number of hydrogen-bond acceptors (Lipinski definition) is 5. The van der Waals surface area contributed by atoms with Crippen molar-refractivity contribution in [1.29, 1.82) is 0 Å². The molecule has 2 amide bonds. The van der Waals surface area contributed by atoms with Crippen molar-refractivity contribution in [3.63, 3.8) is 0 Å². The third-order valence-corrected chi connectivity index (χ3v) is 4.77. The first kappa shape index (κ1) is 19.2. The van der Waals surface area contributed by atoms with Crippen LogP contribution in [0.25, 0.3) is 0 Å². The second kappa shape index (κ2) is 8.91. The van der Waals surface area contributed by atoms with Crippen LogP contribution in [0, 0.1) is 0 Å². The molecule has 1 unspecified atom stereocenters. The lowest BCUT2D eigenvalue weighted by Crippen LogP contribution is -2.21. The minimum absolute atomic E-state index is 0.140. The molecule has 0 radical (unpaired) electrons. The first-order valence-corrected chi connectivity index (χ1v) is 9.46. The fraction of sp³-hybridized carbons (Fsp3) is 0.0870. The number of urea groups is 1. The third-order valence-electron chi connectivity index (χ3n) is 4.77. The van der Waals surface area contributed by atoms with Crippen LogP contribution in [-0.4, -0.2) is 26.0 Å². The van der Waals surface area contributed by atoms with Crippen LogP contribution in [0.3, 0.4) is 0 Å². The van der Waals surface area contributed by atoms with Crippen molar-refractivity contribution in [3.05, 3.63) is 114 Å². The molecule has 0 aliphatic heterocycles. The van der Waals surface area contributed by atoms with Gasteiger partial charge in [0.05, 0.1) is 17.3 Å². The Bertz CT molecular complexity index is 1070. The Hall–Kier alpha value is -4.13. The average Bonchev–Trinajstić information content (AvgIpc) is 2.79. The molecule has 0 spiro atoms. The second-order valence-electron chi connectivity index (χ2n) is 6.72. The van der Waals surface area contributed by atoms with E-state index < -0.39 is 6.03 Å². The number of nitrogens with two attached hydrogens (primary N) is 1. The van der Waals surface area contributed by atoms with Crippen molar-refractivity contribution in [2.45, 2.75) is 11.8 Å². The minimum atomic E-state index is -0.662. The molecule has 30 heavy (non-hydrogen) atoms. The Balaban J connectivity index is 1.91. The fourth-order valence-electron chi connectivity index (χ4n) is 3.57. The fourth-order valence-corrected chi connectivity index (χ4v) is 3.57. The maximum Gasteiger partial charge on any atom is 0.317 e. The van der Waals surface area contributed by atoms with E-state index in [1.54, 1.807) is 24.7 Å². The highest BCUT2D eigenvalue weighted by Gasteiger charge is 2.30. The lowest BCUT2D eigenvalue weighted by Gasteiger charge is -2.27. The van der Waals surface area contributed by atoms with Gasteiger partial charge in [0, 0.05) is 36.9 Å². The highest BCUT2D eigenvalue weighted by Crippen LogP contribution is 2.41. The smallest absolute Gasteiger partial charge is 0.317 e. The molecule has 4 rings (SSSR count). The Kier molecular flexibility index (Phi) is 5.70. The molecule has 0 saturated heterocycles. The molecule has 0 bridgehead atoms. The summed E-state index contributed by atoms with van der Waals surface area (Å²) in [5.41, 5.74) is 8.90. The highest BCUT2D eigenvalue weighted by molar-refractivity contribution is 5.86. The number of anilines is 1. The monoisotopic (exact) mass is 396 g/mol. The number of carbonyl (C=O) groups is 1. The van der Waals surface area contributed by atoms with Crippen LogP contribution in [0.15, 0.2) is 91.6 Å². The Morgan fingerprint density at radius 2 is 1.47 bits per heavy atom. The molecule has 3 N–H and O–H groups in total. The van der Waals surface area contributed by atoms with E-state index in [4.69, 9.17) is 5.73 Å². The van der Waals surface area contributed by atoms with Crippen LogP contribution < -0.4 is 11.1 Å². The molecule has 0 aromatic carbocycles. The van der Waals surface area contributed by atoms with Crippen molar-refractivity contribution in [1.82, 2.24) is 19.9 Å². The van der Waals surface area contributed by atoms with Crippen LogP contribution in [-0.2, 0) is 0 Å². The topological polar surface area (TPSA) is 107 Å². The molecule has 0 aliphatic rings. The van der Waals surface area contributed by atoms with Gasteiger partial charge in [0.2, 0.25) is 0 Å². The first-order valence-electron chi connectivity index (χ1n) is 9.46. The van der Waals surface area contributed by atoms with Gasteiger partial charge in [-0.1, -0.05) is 24.3 Å². The summed E-state index contributed by atoms with van der Waals surface area (Å²) in [4.78, 5) is 29.3. The Morgan fingerprint density at radius 1 is 0.767 bits per heavy atom. The predicted molar refractivity (Wildman–Crippen MR) is 114 cm³/mol. The summed E-state index contributed by atoms with van der Waals surface area (Å²) in [7, 11) is 0. The van der Waals surface area contributed by atoms with Gasteiger partial charge in [-0.3, -0.25) is 20.3 Å². The minimum Gasteiger partial charge on any atom is -0.351 e. The lowest BCUT2D eigenvalue weighted by atomic mass is 9.78. The number of carbonyl (C=O) groups excluding carboxylic acids is 1. The summed E-state index contributed by atoms with van der Waals surface area (Å²) in [6.45, 7) is 0. The molecule has 0 fully saturated rings. The molecule has 0 saturated carbocycles. The van der Waals surface area contributed by atoms with Crippen LogP contribution in [0.1, 0.15) is 34.4 Å². The highest BCUT2D eigenvalue weighted by atomic mass is 16.2. The molecule has 148 valence electrons. The first-order chi connectivity index (χ1) is 14.7. The Morgan fingerprint density at radius 3 is 2.03 bits per heavy atom. The van der Waals surface area contributed by atoms with Crippen molar-refractivity contribution < 1.29 is 4.79 Å². The SMILES string of the molecule is NC(=O)Nc1cccc(C(c2ccccn2)C(c2cccnc2)c2cccnc2)n1. The zero-order valence-electron chi connectivity index (χ0n) is 16.1. The Labute approximate surface area is 174 Å². The summed E-state index contributed by atoms with van der Waals surface area (Å²) in [6.07, 6.45) is 8.94. The van der Waals surface area contributed by atoms with Gasteiger partial charge in [0.1, 0.15) is 5.82 Å².